The van der Waals surface area contributed by atoms with Gasteiger partial charge in [0.1, 0.15) is 0 Å². The van der Waals surface area contributed by atoms with Crippen LogP contribution in [0.2, 0.25) is 0 Å². The third kappa shape index (κ3) is 2.53. The molecule has 20 heavy (non-hydrogen) atoms. The molecule has 2 atom stereocenters. The van der Waals surface area contributed by atoms with E-state index >= 15 is 0 Å². The van der Waals surface area contributed by atoms with Crippen LogP contribution < -0.4 is 4.90 Å². The Morgan fingerprint density at radius 3 is 2.70 bits per heavy atom. The van der Waals surface area contributed by atoms with Crippen LogP contribution >= 0.6 is 0 Å². The highest BCUT2D eigenvalue weighted by molar-refractivity contribution is 5.32. The maximum absolute atomic E-state index is 10.3. The number of aliphatic hydroxyl groups is 1. The van der Waals surface area contributed by atoms with Crippen LogP contribution in [0, 0.1) is 5.41 Å². The summed E-state index contributed by atoms with van der Waals surface area (Å²) in [7, 11) is 0. The second-order valence-corrected chi connectivity index (χ2v) is 6.44. The van der Waals surface area contributed by atoms with E-state index in [2.05, 4.69) is 21.8 Å². The fourth-order valence-electron chi connectivity index (χ4n) is 3.86. The first kappa shape index (κ1) is 13.8. The van der Waals surface area contributed by atoms with E-state index in [1.54, 1.807) is 0 Å². The minimum atomic E-state index is -0.135. The third-order valence-electron chi connectivity index (χ3n) is 4.98. The Bertz CT molecular complexity index is 448. The molecule has 0 unspecified atom stereocenters. The van der Waals surface area contributed by atoms with Gasteiger partial charge in [0.05, 0.1) is 6.10 Å². The fourth-order valence-corrected chi connectivity index (χ4v) is 3.86. The molecule has 1 aromatic rings. The zero-order valence-corrected chi connectivity index (χ0v) is 12.4. The lowest BCUT2D eigenvalue weighted by atomic mass is 9.77. The number of hydrogen-bond donors (Lipinski definition) is 1. The highest BCUT2D eigenvalue weighted by atomic mass is 16.3. The van der Waals surface area contributed by atoms with Crippen LogP contribution in [-0.2, 0) is 6.42 Å². The molecule has 1 saturated carbocycles. The topological polar surface area (TPSA) is 49.2 Å². The van der Waals surface area contributed by atoms with E-state index in [0.717, 1.165) is 64.0 Å². The summed E-state index contributed by atoms with van der Waals surface area (Å²) in [5.74, 6) is 0.836. The van der Waals surface area contributed by atoms with Crippen molar-refractivity contribution >= 4 is 5.95 Å². The molecular formula is C16H25N3O. The highest BCUT2D eigenvalue weighted by Gasteiger charge is 2.45. The van der Waals surface area contributed by atoms with Gasteiger partial charge in [0, 0.05) is 30.9 Å². The van der Waals surface area contributed by atoms with E-state index in [9.17, 15) is 5.11 Å². The molecule has 1 aromatic heterocycles. The quantitative estimate of drug-likeness (QED) is 0.921. The van der Waals surface area contributed by atoms with Gasteiger partial charge in [0.15, 0.2) is 0 Å². The number of hydrogen-bond acceptors (Lipinski definition) is 4. The van der Waals surface area contributed by atoms with E-state index in [-0.39, 0.29) is 11.5 Å². The van der Waals surface area contributed by atoms with E-state index in [0.29, 0.717) is 0 Å². The summed E-state index contributed by atoms with van der Waals surface area (Å²) < 4.78 is 0. The van der Waals surface area contributed by atoms with Gasteiger partial charge in [-0.05, 0) is 37.7 Å². The lowest BCUT2D eigenvalue weighted by Gasteiger charge is -2.42. The van der Waals surface area contributed by atoms with Crippen LogP contribution in [0.1, 0.15) is 51.0 Å². The molecular weight excluding hydrogens is 250 g/mol. The summed E-state index contributed by atoms with van der Waals surface area (Å²) in [4.78, 5) is 11.3. The molecule has 0 aromatic carbocycles. The molecule has 4 nitrogen and oxygen atoms in total. The van der Waals surface area contributed by atoms with Crippen molar-refractivity contribution in [1.82, 2.24) is 9.97 Å². The summed E-state index contributed by atoms with van der Waals surface area (Å²) in [5.41, 5.74) is 1.31. The van der Waals surface area contributed by atoms with Gasteiger partial charge >= 0.3 is 0 Å². The Balaban J connectivity index is 1.73. The van der Waals surface area contributed by atoms with Crippen molar-refractivity contribution in [2.75, 3.05) is 18.0 Å². The number of nitrogens with zero attached hydrogens (tertiary/aromatic N) is 3. The zero-order valence-electron chi connectivity index (χ0n) is 12.4. The Kier molecular flexibility index (Phi) is 3.92. The van der Waals surface area contributed by atoms with Gasteiger partial charge in [0.2, 0.25) is 5.95 Å². The van der Waals surface area contributed by atoms with Gasteiger partial charge in [-0.25, -0.2) is 9.97 Å². The predicted octanol–water partition coefficient (Wildman–Crippen LogP) is 2.56. The Labute approximate surface area is 121 Å². The van der Waals surface area contributed by atoms with Crippen LogP contribution in [0.15, 0.2) is 12.4 Å². The number of piperidine rings is 1. The molecule has 0 amide bonds. The summed E-state index contributed by atoms with van der Waals surface area (Å²) >= 11 is 0. The minimum Gasteiger partial charge on any atom is -0.392 e. The van der Waals surface area contributed by atoms with Gasteiger partial charge in [-0.1, -0.05) is 19.8 Å². The van der Waals surface area contributed by atoms with Crippen molar-refractivity contribution in [3.8, 4) is 0 Å². The monoisotopic (exact) mass is 275 g/mol. The first-order valence-corrected chi connectivity index (χ1v) is 7.97. The first-order valence-electron chi connectivity index (χ1n) is 7.97. The molecule has 1 aliphatic heterocycles. The molecule has 2 heterocycles. The summed E-state index contributed by atoms with van der Waals surface area (Å²) in [6, 6.07) is 0. The molecule has 0 radical (unpaired) electrons. The second-order valence-electron chi connectivity index (χ2n) is 6.44. The van der Waals surface area contributed by atoms with Gasteiger partial charge in [0.25, 0.3) is 0 Å². The summed E-state index contributed by atoms with van der Waals surface area (Å²) in [6.45, 7) is 4.10. The van der Waals surface area contributed by atoms with Gasteiger partial charge in [-0.15, -0.1) is 0 Å². The van der Waals surface area contributed by atoms with Crippen LogP contribution in [0.5, 0.6) is 0 Å². The first-order chi connectivity index (χ1) is 9.73. The molecule has 0 bridgehead atoms. The second kappa shape index (κ2) is 5.68. The normalized spacial score (nSPS) is 30.1. The lowest BCUT2D eigenvalue weighted by molar-refractivity contribution is 0.0406. The number of rotatable bonds is 3. The standard InChI is InChI=1S/C16H25N3O/c1-2-5-13-10-17-15(18-11-13)19-9-4-8-16(12-19)7-3-6-14(16)20/h10-11,14,20H,2-9,12H2,1H3/t14-,16-/m1/s1. The molecule has 2 fully saturated rings. The number of aliphatic hydroxyl groups excluding tert-OH is 1. The number of aromatic nitrogens is 2. The number of anilines is 1. The van der Waals surface area contributed by atoms with Gasteiger partial charge in [-0.3, -0.25) is 0 Å². The van der Waals surface area contributed by atoms with Crippen molar-refractivity contribution < 1.29 is 5.11 Å². The van der Waals surface area contributed by atoms with E-state index < -0.39 is 0 Å². The van der Waals surface area contributed by atoms with Gasteiger partial charge in [-0.2, -0.15) is 0 Å². The molecule has 4 heteroatoms. The number of aryl methyl sites for hydroxylation is 1. The van der Waals surface area contributed by atoms with Crippen molar-refractivity contribution in [2.24, 2.45) is 5.41 Å². The average Bonchev–Trinajstić information content (AvgIpc) is 2.81. The maximum atomic E-state index is 10.3. The Hall–Kier alpha value is -1.16. The van der Waals surface area contributed by atoms with E-state index in [1.807, 2.05) is 12.4 Å². The van der Waals surface area contributed by atoms with Crippen molar-refractivity contribution in [3.05, 3.63) is 18.0 Å². The fraction of sp³-hybridized carbons (Fsp3) is 0.750. The maximum Gasteiger partial charge on any atom is 0.225 e. The van der Waals surface area contributed by atoms with Crippen molar-refractivity contribution in [1.29, 1.82) is 0 Å². The third-order valence-corrected chi connectivity index (χ3v) is 4.98. The molecule has 3 rings (SSSR count). The largest absolute Gasteiger partial charge is 0.392 e. The molecule has 1 aliphatic carbocycles. The molecule has 1 saturated heterocycles. The molecule has 1 spiro atoms. The average molecular weight is 275 g/mol. The predicted molar refractivity (Wildman–Crippen MR) is 79.8 cm³/mol. The summed E-state index contributed by atoms with van der Waals surface area (Å²) in [5, 5.41) is 10.3. The van der Waals surface area contributed by atoms with E-state index in [1.165, 1.54) is 5.56 Å². The Morgan fingerprint density at radius 2 is 2.05 bits per heavy atom. The summed E-state index contributed by atoms with van der Waals surface area (Å²) in [6.07, 6.45) is 11.5. The zero-order chi connectivity index (χ0) is 14.0. The van der Waals surface area contributed by atoms with Crippen LogP contribution in [0.4, 0.5) is 5.95 Å². The van der Waals surface area contributed by atoms with Crippen LogP contribution in [0.25, 0.3) is 0 Å². The SMILES string of the molecule is CCCc1cnc(N2CCC[C@]3(CCC[C@H]3O)C2)nc1. The van der Waals surface area contributed by atoms with Crippen LogP contribution in [-0.4, -0.2) is 34.3 Å². The van der Waals surface area contributed by atoms with Crippen molar-refractivity contribution in [2.45, 2.75) is 58.0 Å². The highest BCUT2D eigenvalue weighted by Crippen LogP contribution is 2.45. The smallest absolute Gasteiger partial charge is 0.225 e. The van der Waals surface area contributed by atoms with Gasteiger partial charge < -0.3 is 10.0 Å². The van der Waals surface area contributed by atoms with E-state index in [4.69, 9.17) is 0 Å². The minimum absolute atomic E-state index is 0.101. The van der Waals surface area contributed by atoms with Crippen LogP contribution in [0.3, 0.4) is 0 Å². The lowest BCUT2D eigenvalue weighted by Crippen LogP contribution is -2.47. The van der Waals surface area contributed by atoms with Crippen molar-refractivity contribution in [3.63, 3.8) is 0 Å². The Morgan fingerprint density at radius 1 is 1.30 bits per heavy atom. The molecule has 1 N–H and O–H groups in total. The molecule has 2 aliphatic rings. The molecule has 110 valence electrons.